The van der Waals surface area contributed by atoms with Crippen molar-refractivity contribution in [1.82, 2.24) is 5.32 Å². The molecular formula is C28H36N2O2S. The van der Waals surface area contributed by atoms with Gasteiger partial charge in [0.25, 0.3) is 0 Å². The summed E-state index contributed by atoms with van der Waals surface area (Å²) in [5, 5.41) is 2.87. The van der Waals surface area contributed by atoms with Gasteiger partial charge in [0.1, 0.15) is 5.25 Å². The van der Waals surface area contributed by atoms with Gasteiger partial charge in [0.15, 0.2) is 0 Å². The predicted molar refractivity (Wildman–Crippen MR) is 137 cm³/mol. The summed E-state index contributed by atoms with van der Waals surface area (Å²) in [4.78, 5) is 29.9. The van der Waals surface area contributed by atoms with E-state index in [2.05, 4.69) is 43.4 Å². The van der Waals surface area contributed by atoms with E-state index in [-0.39, 0.29) is 23.8 Å². The summed E-state index contributed by atoms with van der Waals surface area (Å²) in [6, 6.07) is 14.7. The van der Waals surface area contributed by atoms with E-state index in [1.54, 1.807) is 11.8 Å². The third kappa shape index (κ3) is 5.63. The molecule has 33 heavy (non-hydrogen) atoms. The van der Waals surface area contributed by atoms with Crippen LogP contribution < -0.4 is 10.2 Å². The predicted octanol–water partition coefficient (Wildman–Crippen LogP) is 6.18. The highest BCUT2D eigenvalue weighted by atomic mass is 32.2. The molecule has 176 valence electrons. The topological polar surface area (TPSA) is 49.4 Å². The zero-order valence-electron chi connectivity index (χ0n) is 20.1. The lowest BCUT2D eigenvalue weighted by molar-refractivity contribution is -0.129. The summed E-state index contributed by atoms with van der Waals surface area (Å²) in [6.45, 7) is 6.61. The monoisotopic (exact) mass is 464 g/mol. The Bertz CT molecular complexity index is 997. The van der Waals surface area contributed by atoms with Crippen LogP contribution >= 0.6 is 11.8 Å². The minimum absolute atomic E-state index is 0.0116. The molecule has 1 saturated carbocycles. The molecule has 1 fully saturated rings. The third-order valence-electron chi connectivity index (χ3n) is 7.07. The van der Waals surface area contributed by atoms with Crippen LogP contribution in [0.15, 0.2) is 47.4 Å². The van der Waals surface area contributed by atoms with Gasteiger partial charge in [-0.15, -0.1) is 11.8 Å². The van der Waals surface area contributed by atoms with Gasteiger partial charge >= 0.3 is 0 Å². The molecule has 0 radical (unpaired) electrons. The maximum atomic E-state index is 13.8. The number of nitrogens with zero attached hydrogens (tertiary/aromatic N) is 1. The SMILES string of the molecule is Cc1ccc(C)c(CN2C(=O)[C@@H]([C@H](C)C(=O)NC3CCCCCCC3)Sc3ccccc32)c1. The van der Waals surface area contributed by atoms with Crippen molar-refractivity contribution in [3.63, 3.8) is 0 Å². The Morgan fingerprint density at radius 1 is 1.06 bits per heavy atom. The highest BCUT2D eigenvalue weighted by Crippen LogP contribution is 2.42. The molecular weight excluding hydrogens is 428 g/mol. The van der Waals surface area contributed by atoms with Crippen molar-refractivity contribution in [3.8, 4) is 0 Å². The van der Waals surface area contributed by atoms with E-state index < -0.39 is 5.25 Å². The van der Waals surface area contributed by atoms with E-state index >= 15 is 0 Å². The average Bonchev–Trinajstić information content (AvgIpc) is 2.79. The number of thioether (sulfide) groups is 1. The molecule has 2 amide bonds. The molecule has 0 unspecified atom stereocenters. The standard InChI is InChI=1S/C28H36N2O2S/c1-19-15-16-20(2)22(17-19)18-30-24-13-9-10-14-25(24)33-26(28(30)32)21(3)27(31)29-23-11-7-5-4-6-8-12-23/h9-10,13-17,21,23,26H,4-8,11-12,18H2,1-3H3,(H,29,31)/t21-,26+/m0/s1. The molecule has 0 bridgehead atoms. The van der Waals surface area contributed by atoms with Crippen molar-refractivity contribution in [2.75, 3.05) is 4.90 Å². The lowest BCUT2D eigenvalue weighted by Crippen LogP contribution is -2.48. The van der Waals surface area contributed by atoms with Crippen LogP contribution in [-0.4, -0.2) is 23.1 Å². The number of rotatable bonds is 5. The van der Waals surface area contributed by atoms with Gasteiger partial charge in [-0.3, -0.25) is 9.59 Å². The number of amides is 2. The first-order chi connectivity index (χ1) is 15.9. The lowest BCUT2D eigenvalue weighted by Gasteiger charge is -2.36. The van der Waals surface area contributed by atoms with Crippen LogP contribution in [0.3, 0.4) is 0 Å². The highest BCUT2D eigenvalue weighted by Gasteiger charge is 2.39. The quantitative estimate of drug-likeness (QED) is 0.575. The third-order valence-corrected chi connectivity index (χ3v) is 8.53. The number of anilines is 1. The first-order valence-electron chi connectivity index (χ1n) is 12.4. The van der Waals surface area contributed by atoms with Crippen molar-refractivity contribution in [3.05, 3.63) is 59.2 Å². The molecule has 2 aromatic carbocycles. The summed E-state index contributed by atoms with van der Waals surface area (Å²) in [5.41, 5.74) is 4.45. The van der Waals surface area contributed by atoms with Crippen molar-refractivity contribution in [2.45, 2.75) is 88.4 Å². The van der Waals surface area contributed by atoms with Gasteiger partial charge in [-0.25, -0.2) is 0 Å². The number of para-hydroxylation sites is 1. The molecule has 0 aromatic heterocycles. The van der Waals surface area contributed by atoms with Crippen LogP contribution in [0.2, 0.25) is 0 Å². The minimum atomic E-state index is -0.418. The second kappa shape index (κ2) is 10.8. The molecule has 1 aliphatic carbocycles. The second-order valence-corrected chi connectivity index (χ2v) is 10.9. The molecule has 2 aromatic rings. The minimum Gasteiger partial charge on any atom is -0.353 e. The van der Waals surface area contributed by atoms with E-state index in [4.69, 9.17) is 0 Å². The Labute approximate surface area is 202 Å². The van der Waals surface area contributed by atoms with Crippen LogP contribution in [-0.2, 0) is 16.1 Å². The van der Waals surface area contributed by atoms with E-state index in [0.717, 1.165) is 29.0 Å². The van der Waals surface area contributed by atoms with Gasteiger partial charge in [-0.2, -0.15) is 0 Å². The lowest BCUT2D eigenvalue weighted by atomic mass is 9.95. The van der Waals surface area contributed by atoms with Gasteiger partial charge in [-0.05, 0) is 49.9 Å². The zero-order chi connectivity index (χ0) is 23.4. The van der Waals surface area contributed by atoms with Crippen LogP contribution in [0.4, 0.5) is 5.69 Å². The number of carbonyl (C=O) groups excluding carboxylic acids is 2. The molecule has 2 atom stereocenters. The van der Waals surface area contributed by atoms with E-state index in [1.165, 1.54) is 43.2 Å². The van der Waals surface area contributed by atoms with Crippen molar-refractivity contribution >= 4 is 29.3 Å². The number of benzene rings is 2. The van der Waals surface area contributed by atoms with Gasteiger partial charge in [-0.1, -0.05) is 74.9 Å². The molecule has 4 nitrogen and oxygen atoms in total. The Hall–Kier alpha value is -2.27. The van der Waals surface area contributed by atoms with Crippen LogP contribution in [0.25, 0.3) is 0 Å². The van der Waals surface area contributed by atoms with Crippen molar-refractivity contribution in [1.29, 1.82) is 0 Å². The summed E-state index contributed by atoms with van der Waals surface area (Å²) in [5.74, 6) is -0.347. The Morgan fingerprint density at radius 3 is 2.52 bits per heavy atom. The maximum Gasteiger partial charge on any atom is 0.241 e. The molecule has 1 heterocycles. The molecule has 4 rings (SSSR count). The molecule has 1 N–H and O–H groups in total. The number of fused-ring (bicyclic) bond motifs is 1. The number of carbonyl (C=O) groups is 2. The average molecular weight is 465 g/mol. The molecule has 2 aliphatic rings. The largest absolute Gasteiger partial charge is 0.353 e. The van der Waals surface area contributed by atoms with E-state index in [9.17, 15) is 9.59 Å². The Balaban J connectivity index is 1.54. The second-order valence-electron chi connectivity index (χ2n) is 9.70. The fourth-order valence-corrected chi connectivity index (χ4v) is 6.22. The van der Waals surface area contributed by atoms with Crippen LogP contribution in [0.1, 0.15) is 68.6 Å². The first-order valence-corrected chi connectivity index (χ1v) is 13.3. The fourth-order valence-electron chi connectivity index (χ4n) is 4.93. The zero-order valence-corrected chi connectivity index (χ0v) is 20.9. The summed E-state index contributed by atoms with van der Waals surface area (Å²) in [7, 11) is 0. The fraction of sp³-hybridized carbons (Fsp3) is 0.500. The van der Waals surface area contributed by atoms with Crippen molar-refractivity contribution in [2.24, 2.45) is 5.92 Å². The molecule has 5 heteroatoms. The number of hydrogen-bond donors (Lipinski definition) is 1. The Morgan fingerprint density at radius 2 is 1.76 bits per heavy atom. The number of hydrogen-bond acceptors (Lipinski definition) is 3. The van der Waals surface area contributed by atoms with Gasteiger partial charge in [0.05, 0.1) is 18.2 Å². The van der Waals surface area contributed by atoms with Gasteiger partial charge in [0.2, 0.25) is 11.8 Å². The number of nitrogens with one attached hydrogen (secondary N) is 1. The van der Waals surface area contributed by atoms with Gasteiger partial charge in [0, 0.05) is 10.9 Å². The van der Waals surface area contributed by atoms with Crippen LogP contribution in [0, 0.1) is 19.8 Å². The van der Waals surface area contributed by atoms with E-state index in [1.807, 2.05) is 30.0 Å². The van der Waals surface area contributed by atoms with E-state index in [0.29, 0.717) is 6.54 Å². The van der Waals surface area contributed by atoms with Gasteiger partial charge < -0.3 is 10.2 Å². The van der Waals surface area contributed by atoms with Crippen molar-refractivity contribution < 1.29 is 9.59 Å². The number of aryl methyl sites for hydroxylation is 2. The maximum absolute atomic E-state index is 13.8. The first kappa shape index (κ1) is 23.9. The highest BCUT2D eigenvalue weighted by molar-refractivity contribution is 8.01. The molecule has 0 saturated heterocycles. The van der Waals surface area contributed by atoms with Crippen LogP contribution in [0.5, 0.6) is 0 Å². The normalized spacial score (nSPS) is 20.5. The Kier molecular flexibility index (Phi) is 7.79. The molecule has 1 aliphatic heterocycles. The summed E-state index contributed by atoms with van der Waals surface area (Å²) < 4.78 is 0. The smallest absolute Gasteiger partial charge is 0.241 e. The summed E-state index contributed by atoms with van der Waals surface area (Å²) >= 11 is 1.54. The summed E-state index contributed by atoms with van der Waals surface area (Å²) in [6.07, 6.45) is 8.25. The molecule has 0 spiro atoms.